The summed E-state index contributed by atoms with van der Waals surface area (Å²) in [7, 11) is 0. The molecule has 2 N–H and O–H groups in total. The van der Waals surface area contributed by atoms with Crippen molar-refractivity contribution in [1.82, 2.24) is 19.9 Å². The Bertz CT molecular complexity index is 1470. The van der Waals surface area contributed by atoms with E-state index in [0.29, 0.717) is 17.5 Å². The van der Waals surface area contributed by atoms with Gasteiger partial charge in [0.05, 0.1) is 11.4 Å². The fraction of sp³-hybridized carbons (Fsp3) is 0.0714. The molecule has 3 aromatic heterocycles. The molecule has 0 aliphatic carbocycles. The summed E-state index contributed by atoms with van der Waals surface area (Å²) in [5, 5.41) is 11.3. The van der Waals surface area contributed by atoms with Crippen LogP contribution in [0.1, 0.15) is 25.0 Å². The van der Waals surface area contributed by atoms with Gasteiger partial charge in [-0.1, -0.05) is 36.4 Å². The lowest BCUT2D eigenvalue weighted by atomic mass is 10.1. The van der Waals surface area contributed by atoms with Crippen LogP contribution in [-0.2, 0) is 0 Å². The molecule has 0 bridgehead atoms. The lowest BCUT2D eigenvalue weighted by Gasteiger charge is -2.10. The second-order valence-electron chi connectivity index (χ2n) is 8.11. The van der Waals surface area contributed by atoms with Gasteiger partial charge in [0.1, 0.15) is 0 Å². The molecule has 8 nitrogen and oxygen atoms in total. The summed E-state index contributed by atoms with van der Waals surface area (Å²) in [5.41, 5.74) is 10.6. The average Bonchev–Trinajstić information content (AvgIpc) is 2.95. The maximum Gasteiger partial charge on any atom is 0.164 e. The van der Waals surface area contributed by atoms with Crippen molar-refractivity contribution in [3.8, 4) is 11.4 Å². The number of hydrogen-bond donors (Lipinski definition) is 2. The van der Waals surface area contributed by atoms with E-state index >= 15 is 0 Å². The van der Waals surface area contributed by atoms with Gasteiger partial charge < -0.3 is 0 Å². The topological polar surface area (TPSA) is 100 Å². The third kappa shape index (κ3) is 5.39. The standard InChI is InChI=1S/C28H24N8/c1-19(21-9-13-29-14-10-21)33-35-26-18-27(36-34-20(2)22-11-15-30-16-12-22)32-28(31-26)25-8-7-23-5-3-4-6-24(23)17-25/h3-18H,1-2H3,(H2,31,32,35,36). The maximum atomic E-state index is 4.72. The van der Waals surface area contributed by atoms with Crippen molar-refractivity contribution in [1.29, 1.82) is 0 Å². The second kappa shape index (κ2) is 10.5. The summed E-state index contributed by atoms with van der Waals surface area (Å²) in [4.78, 5) is 17.6. The largest absolute Gasteiger partial charge is 0.265 e. The highest BCUT2D eigenvalue weighted by molar-refractivity contribution is 5.99. The van der Waals surface area contributed by atoms with Crippen molar-refractivity contribution in [2.45, 2.75) is 13.8 Å². The van der Waals surface area contributed by atoms with Crippen molar-refractivity contribution in [3.63, 3.8) is 0 Å². The molecule has 0 radical (unpaired) electrons. The molecule has 3 heterocycles. The highest BCUT2D eigenvalue weighted by Gasteiger charge is 2.09. The lowest BCUT2D eigenvalue weighted by Crippen LogP contribution is -2.05. The number of benzene rings is 2. The Labute approximate surface area is 208 Å². The van der Waals surface area contributed by atoms with Gasteiger partial charge >= 0.3 is 0 Å². The monoisotopic (exact) mass is 472 g/mol. The Kier molecular flexibility index (Phi) is 6.66. The van der Waals surface area contributed by atoms with E-state index in [0.717, 1.165) is 38.9 Å². The Morgan fingerprint density at radius 1 is 0.611 bits per heavy atom. The highest BCUT2D eigenvalue weighted by atomic mass is 15.3. The molecule has 0 aliphatic heterocycles. The molecule has 0 aliphatic rings. The molecule has 0 fully saturated rings. The van der Waals surface area contributed by atoms with E-state index < -0.39 is 0 Å². The zero-order chi connectivity index (χ0) is 24.7. The number of nitrogens with one attached hydrogen (secondary N) is 2. The molecule has 2 aromatic carbocycles. The van der Waals surface area contributed by atoms with Gasteiger partial charge in [0.2, 0.25) is 0 Å². The fourth-order valence-corrected chi connectivity index (χ4v) is 3.62. The van der Waals surface area contributed by atoms with Gasteiger partial charge in [-0.15, -0.1) is 0 Å². The Hall–Kier alpha value is -4.98. The highest BCUT2D eigenvalue weighted by Crippen LogP contribution is 2.25. The average molecular weight is 473 g/mol. The van der Waals surface area contributed by atoms with Gasteiger partial charge in [0.25, 0.3) is 0 Å². The van der Waals surface area contributed by atoms with Crippen LogP contribution in [0, 0.1) is 0 Å². The molecule has 8 heteroatoms. The van der Waals surface area contributed by atoms with Crippen LogP contribution in [0.15, 0.2) is 108 Å². The van der Waals surface area contributed by atoms with Crippen molar-refractivity contribution < 1.29 is 0 Å². The fourth-order valence-electron chi connectivity index (χ4n) is 3.62. The molecule has 0 spiro atoms. The van der Waals surface area contributed by atoms with E-state index in [9.17, 15) is 0 Å². The van der Waals surface area contributed by atoms with E-state index in [2.05, 4.69) is 55.3 Å². The molecule has 0 saturated carbocycles. The van der Waals surface area contributed by atoms with Gasteiger partial charge in [-0.2, -0.15) is 10.2 Å². The number of hydrogen-bond acceptors (Lipinski definition) is 8. The third-order valence-corrected chi connectivity index (χ3v) is 5.61. The number of aromatic nitrogens is 4. The van der Waals surface area contributed by atoms with E-state index in [1.165, 1.54) is 0 Å². The zero-order valence-electron chi connectivity index (χ0n) is 19.9. The normalized spacial score (nSPS) is 11.9. The molecular weight excluding hydrogens is 448 g/mol. The molecule has 0 atom stereocenters. The smallest absolute Gasteiger partial charge is 0.164 e. The van der Waals surface area contributed by atoms with Crippen LogP contribution in [0.3, 0.4) is 0 Å². The summed E-state index contributed by atoms with van der Waals surface area (Å²) < 4.78 is 0. The minimum Gasteiger partial charge on any atom is -0.265 e. The molecule has 5 aromatic rings. The first-order chi connectivity index (χ1) is 17.7. The van der Waals surface area contributed by atoms with E-state index in [1.54, 1.807) is 30.9 Å². The van der Waals surface area contributed by atoms with E-state index in [4.69, 9.17) is 9.97 Å². The number of fused-ring (bicyclic) bond motifs is 1. The van der Waals surface area contributed by atoms with Crippen LogP contribution in [-0.4, -0.2) is 31.4 Å². The first-order valence-corrected chi connectivity index (χ1v) is 11.5. The van der Waals surface area contributed by atoms with Crippen molar-refractivity contribution in [3.05, 3.63) is 109 Å². The molecule has 0 amide bonds. The van der Waals surface area contributed by atoms with Gasteiger partial charge in [0, 0.05) is 47.5 Å². The summed E-state index contributed by atoms with van der Waals surface area (Å²) >= 11 is 0. The maximum absolute atomic E-state index is 4.72. The van der Waals surface area contributed by atoms with Gasteiger partial charge in [0.15, 0.2) is 17.5 Å². The number of anilines is 2. The summed E-state index contributed by atoms with van der Waals surface area (Å²) in [6.07, 6.45) is 6.95. The molecule has 0 saturated heterocycles. The lowest BCUT2D eigenvalue weighted by molar-refractivity contribution is 1.12. The van der Waals surface area contributed by atoms with Crippen LogP contribution < -0.4 is 10.9 Å². The first-order valence-electron chi connectivity index (χ1n) is 11.5. The van der Waals surface area contributed by atoms with Crippen LogP contribution >= 0.6 is 0 Å². The number of rotatable bonds is 7. The van der Waals surface area contributed by atoms with Gasteiger partial charge in [-0.05, 0) is 55.0 Å². The zero-order valence-corrected chi connectivity index (χ0v) is 19.9. The van der Waals surface area contributed by atoms with Gasteiger partial charge in [-0.25, -0.2) is 9.97 Å². The summed E-state index contributed by atoms with van der Waals surface area (Å²) in [6.45, 7) is 3.85. The number of nitrogens with zero attached hydrogens (tertiary/aromatic N) is 6. The van der Waals surface area contributed by atoms with Gasteiger partial charge in [-0.3, -0.25) is 20.8 Å². The van der Waals surface area contributed by atoms with Crippen LogP contribution in [0.5, 0.6) is 0 Å². The SMILES string of the molecule is CC(=NNc1cc(NN=C(C)c2ccncc2)nc(-c2ccc3ccccc3c2)n1)c1ccncc1. The molecule has 36 heavy (non-hydrogen) atoms. The Morgan fingerprint density at radius 3 is 1.69 bits per heavy atom. The number of pyridine rings is 2. The second-order valence-corrected chi connectivity index (χ2v) is 8.11. The molecule has 5 rings (SSSR count). The number of hydrazone groups is 2. The molecular formula is C28H24N8. The first kappa shape index (κ1) is 22.8. The van der Waals surface area contributed by atoms with Crippen LogP contribution in [0.25, 0.3) is 22.2 Å². The van der Waals surface area contributed by atoms with Crippen LogP contribution in [0.4, 0.5) is 11.6 Å². The predicted molar refractivity (Wildman–Crippen MR) is 145 cm³/mol. The van der Waals surface area contributed by atoms with Crippen LogP contribution in [0.2, 0.25) is 0 Å². The van der Waals surface area contributed by atoms with E-state index in [1.807, 2.05) is 56.3 Å². The minimum absolute atomic E-state index is 0.542. The third-order valence-electron chi connectivity index (χ3n) is 5.61. The minimum atomic E-state index is 0.542. The van der Waals surface area contributed by atoms with Crippen molar-refractivity contribution >= 4 is 33.8 Å². The Balaban J connectivity index is 1.49. The molecule has 176 valence electrons. The predicted octanol–water partition coefficient (Wildman–Crippen LogP) is 5.76. The van der Waals surface area contributed by atoms with Crippen molar-refractivity contribution in [2.75, 3.05) is 10.9 Å². The molecule has 0 unspecified atom stereocenters. The van der Waals surface area contributed by atoms with Crippen molar-refractivity contribution in [2.24, 2.45) is 10.2 Å². The quantitative estimate of drug-likeness (QED) is 0.231. The van der Waals surface area contributed by atoms with E-state index in [-0.39, 0.29) is 0 Å². The Morgan fingerprint density at radius 2 is 1.14 bits per heavy atom. The summed E-state index contributed by atoms with van der Waals surface area (Å²) in [5.74, 6) is 1.64. The summed E-state index contributed by atoms with van der Waals surface area (Å²) in [6, 6.07) is 23.8.